The molecule has 1 aromatic rings. The molecule has 0 saturated heterocycles. The molecule has 0 saturated carbocycles. The van der Waals surface area contributed by atoms with E-state index in [-0.39, 0.29) is 36.1 Å². The summed E-state index contributed by atoms with van der Waals surface area (Å²) in [6, 6.07) is 4.90. The van der Waals surface area contributed by atoms with Crippen molar-refractivity contribution in [2.24, 2.45) is 23.3 Å². The van der Waals surface area contributed by atoms with E-state index in [2.05, 4.69) is 13.8 Å². The van der Waals surface area contributed by atoms with E-state index in [1.807, 2.05) is 27.7 Å². The summed E-state index contributed by atoms with van der Waals surface area (Å²) in [5, 5.41) is 0. The molecule has 0 aliphatic rings. The van der Waals surface area contributed by atoms with Crippen LogP contribution >= 0.6 is 0 Å². The smallest absolute Gasteiger partial charge is 0.261 e. The van der Waals surface area contributed by atoms with Gasteiger partial charge in [-0.2, -0.15) is 0 Å². The quantitative estimate of drug-likeness (QED) is 0.0760. The lowest BCUT2D eigenvalue weighted by Crippen LogP contribution is -2.51. The van der Waals surface area contributed by atoms with E-state index in [1.165, 1.54) is 86.8 Å². The maximum Gasteiger partial charge on any atom is 0.261 e. The predicted octanol–water partition coefficient (Wildman–Crippen LogP) is 10.2. The molecule has 4 N–H and O–H groups in total. The molecule has 0 unspecified atom stereocenters. The first kappa shape index (κ1) is 47.4. The number of imide groups is 2. The Kier molecular flexibility index (Phi) is 26.3. The fraction of sp³-hybridized carbons (Fsp3) is 0.773. The van der Waals surface area contributed by atoms with Crippen molar-refractivity contribution in [1.29, 1.82) is 0 Å². The van der Waals surface area contributed by atoms with Crippen LogP contribution in [0.15, 0.2) is 24.3 Å². The van der Waals surface area contributed by atoms with Crippen molar-refractivity contribution in [3.63, 3.8) is 0 Å². The van der Waals surface area contributed by atoms with Crippen molar-refractivity contribution < 1.29 is 19.2 Å². The molecule has 1 aromatic carbocycles. The largest absolute Gasteiger partial charge is 0.320 e. The maximum atomic E-state index is 14.3. The molecule has 0 bridgehead atoms. The molecule has 4 atom stereocenters. The third-order valence-electron chi connectivity index (χ3n) is 11.0. The second kappa shape index (κ2) is 28.9. The van der Waals surface area contributed by atoms with Crippen molar-refractivity contribution >= 4 is 23.6 Å². The molecule has 0 aliphatic heterocycles. The molecule has 0 heterocycles. The van der Waals surface area contributed by atoms with E-state index in [0.29, 0.717) is 25.7 Å². The topological polar surface area (TPSA) is 127 Å². The average Bonchev–Trinajstić information content (AvgIpc) is 3.16. The lowest BCUT2D eigenvalue weighted by atomic mass is 9.96. The number of benzene rings is 1. The van der Waals surface area contributed by atoms with Gasteiger partial charge in [0.15, 0.2) is 0 Å². The van der Waals surface area contributed by atoms with E-state index in [4.69, 9.17) is 11.5 Å². The number of nitrogens with zero attached hydrogens (tertiary/aromatic N) is 2. The zero-order valence-electron chi connectivity index (χ0n) is 34.3. The molecule has 0 aliphatic carbocycles. The number of amides is 4. The van der Waals surface area contributed by atoms with Crippen molar-refractivity contribution in [3.05, 3.63) is 35.4 Å². The van der Waals surface area contributed by atoms with Gasteiger partial charge in [-0.3, -0.25) is 29.0 Å². The number of hydrogen-bond acceptors (Lipinski definition) is 6. The summed E-state index contributed by atoms with van der Waals surface area (Å²) in [4.78, 5) is 58.7. The second-order valence-corrected chi connectivity index (χ2v) is 15.3. The molecule has 0 aromatic heterocycles. The Balaban J connectivity index is 3.16. The molecule has 0 radical (unpaired) electrons. The summed E-state index contributed by atoms with van der Waals surface area (Å²) in [6.45, 7) is 12.7. The van der Waals surface area contributed by atoms with Crippen LogP contribution in [0.2, 0.25) is 0 Å². The van der Waals surface area contributed by atoms with Gasteiger partial charge in [0, 0.05) is 13.1 Å². The van der Waals surface area contributed by atoms with Crippen LogP contribution in [0.1, 0.15) is 204 Å². The van der Waals surface area contributed by atoms with Gasteiger partial charge in [0.1, 0.15) is 0 Å². The summed E-state index contributed by atoms with van der Waals surface area (Å²) in [5.41, 5.74) is 13.1. The number of nitrogens with two attached hydrogens (primary N) is 2. The first-order chi connectivity index (χ1) is 25.1. The van der Waals surface area contributed by atoms with Gasteiger partial charge < -0.3 is 11.5 Å². The number of carbonyl (C=O) groups is 4. The van der Waals surface area contributed by atoms with Crippen molar-refractivity contribution in [3.8, 4) is 0 Å². The van der Waals surface area contributed by atoms with Gasteiger partial charge in [0.05, 0.1) is 23.2 Å². The highest BCUT2D eigenvalue weighted by Gasteiger charge is 2.35. The van der Waals surface area contributed by atoms with E-state index in [0.717, 1.165) is 38.5 Å². The highest BCUT2D eigenvalue weighted by atomic mass is 16.2. The Bertz CT molecular complexity index is 1050. The van der Waals surface area contributed by atoms with Crippen LogP contribution in [0.25, 0.3) is 0 Å². The van der Waals surface area contributed by atoms with Gasteiger partial charge in [0.25, 0.3) is 11.8 Å². The maximum absolute atomic E-state index is 14.3. The van der Waals surface area contributed by atoms with Crippen LogP contribution in [0, 0.1) is 11.8 Å². The van der Waals surface area contributed by atoms with Gasteiger partial charge in [-0.15, -0.1) is 0 Å². The molecule has 8 heteroatoms. The predicted molar refractivity (Wildman–Crippen MR) is 217 cm³/mol. The number of unbranched alkanes of at least 4 members (excludes halogenated alkanes) is 18. The summed E-state index contributed by atoms with van der Waals surface area (Å²) in [7, 11) is 0. The van der Waals surface area contributed by atoms with Crippen LogP contribution < -0.4 is 11.5 Å². The van der Waals surface area contributed by atoms with Crippen molar-refractivity contribution in [1.82, 2.24) is 9.80 Å². The standard InChI is InChI=1S/C44H78N4O4/c1-7-11-13-15-17-19-21-23-25-29-33-47(43(51)39(45)35(5)9-3)41(49)37-31-27-28-32-38(37)42(50)48(44(52)40(46)36(6)10-4)34-30-26-24-22-20-18-16-14-12-8-2/h27-28,31-32,35-36,39-40H,7-26,29-30,33-34,45-46H2,1-6H3/t35-,36-,39-,40-/m0/s1. The first-order valence-electron chi connectivity index (χ1n) is 21.4. The molecular formula is C44H78N4O4. The minimum atomic E-state index is -0.831. The Morgan fingerprint density at radius 3 is 1.02 bits per heavy atom. The summed E-state index contributed by atoms with van der Waals surface area (Å²) < 4.78 is 0. The van der Waals surface area contributed by atoms with Crippen LogP contribution in [0.4, 0.5) is 0 Å². The highest BCUT2D eigenvalue weighted by molar-refractivity contribution is 6.15. The zero-order valence-corrected chi connectivity index (χ0v) is 34.3. The normalized spacial score (nSPS) is 13.7. The number of carbonyl (C=O) groups excluding carboxylic acids is 4. The second-order valence-electron chi connectivity index (χ2n) is 15.3. The first-order valence-corrected chi connectivity index (χ1v) is 21.4. The van der Waals surface area contributed by atoms with Gasteiger partial charge in [-0.05, 0) is 36.8 Å². The van der Waals surface area contributed by atoms with E-state index in [1.54, 1.807) is 24.3 Å². The fourth-order valence-corrected chi connectivity index (χ4v) is 6.64. The Labute approximate surface area is 318 Å². The molecular weight excluding hydrogens is 649 g/mol. The Hall–Kier alpha value is -2.58. The molecule has 8 nitrogen and oxygen atoms in total. The summed E-state index contributed by atoms with van der Waals surface area (Å²) in [6.07, 6.45) is 24.1. The number of hydrogen-bond donors (Lipinski definition) is 2. The number of rotatable bonds is 30. The van der Waals surface area contributed by atoms with E-state index < -0.39 is 35.7 Å². The monoisotopic (exact) mass is 727 g/mol. The van der Waals surface area contributed by atoms with Crippen molar-refractivity contribution in [2.45, 2.75) is 195 Å². The minimum absolute atomic E-state index is 0.108. The highest BCUT2D eigenvalue weighted by Crippen LogP contribution is 2.21. The Morgan fingerprint density at radius 1 is 0.481 bits per heavy atom. The molecule has 4 amide bonds. The summed E-state index contributed by atoms with van der Waals surface area (Å²) >= 11 is 0. The van der Waals surface area contributed by atoms with E-state index >= 15 is 0 Å². The van der Waals surface area contributed by atoms with Gasteiger partial charge in [0.2, 0.25) is 11.8 Å². The lowest BCUT2D eigenvalue weighted by molar-refractivity contribution is -0.132. The van der Waals surface area contributed by atoms with E-state index in [9.17, 15) is 19.2 Å². The third kappa shape index (κ3) is 17.5. The lowest BCUT2D eigenvalue weighted by Gasteiger charge is -2.29. The average molecular weight is 727 g/mol. The third-order valence-corrected chi connectivity index (χ3v) is 11.0. The van der Waals surface area contributed by atoms with Gasteiger partial charge in [-0.25, -0.2) is 0 Å². The van der Waals surface area contributed by atoms with Crippen LogP contribution in [0.3, 0.4) is 0 Å². The van der Waals surface area contributed by atoms with Crippen LogP contribution in [0.5, 0.6) is 0 Å². The van der Waals surface area contributed by atoms with Crippen molar-refractivity contribution in [2.75, 3.05) is 13.1 Å². The summed E-state index contributed by atoms with van der Waals surface area (Å²) in [5.74, 6) is -2.14. The molecule has 1 rings (SSSR count). The molecule has 52 heavy (non-hydrogen) atoms. The minimum Gasteiger partial charge on any atom is -0.320 e. The molecule has 0 spiro atoms. The van der Waals surface area contributed by atoms with Crippen LogP contribution in [-0.4, -0.2) is 58.6 Å². The van der Waals surface area contributed by atoms with Gasteiger partial charge in [-0.1, -0.05) is 182 Å². The SMILES string of the molecule is CCCCCCCCCCCCN(C(=O)c1ccccc1C(=O)N(CCCCCCCCCCCC)C(=O)[C@@H](N)[C@@H](C)CC)C(=O)[C@@H](N)[C@@H](C)CC. The zero-order chi connectivity index (χ0) is 38.7. The van der Waals surface area contributed by atoms with Gasteiger partial charge >= 0.3 is 0 Å². The van der Waals surface area contributed by atoms with Crippen LogP contribution in [-0.2, 0) is 9.59 Å². The fourth-order valence-electron chi connectivity index (χ4n) is 6.64. The molecule has 298 valence electrons. The Morgan fingerprint density at radius 2 is 0.750 bits per heavy atom. The molecule has 0 fully saturated rings.